The summed E-state index contributed by atoms with van der Waals surface area (Å²) < 4.78 is 0. The van der Waals surface area contributed by atoms with Crippen LogP contribution >= 0.6 is 23.4 Å². The van der Waals surface area contributed by atoms with E-state index >= 15 is 0 Å². The Balaban J connectivity index is 2.67. The maximum Gasteiger partial charge on any atom is 0.323 e. The van der Waals surface area contributed by atoms with Crippen molar-refractivity contribution in [1.82, 2.24) is 4.90 Å². The number of amides is 1. The fraction of sp³-hybridized carbons (Fsp3) is 0.429. The molecule has 1 aromatic rings. The third kappa shape index (κ3) is 5.43. The van der Waals surface area contributed by atoms with Crippen molar-refractivity contribution in [2.75, 3.05) is 12.3 Å². The number of hydrogen-bond acceptors (Lipinski definition) is 3. The molecule has 110 valence electrons. The predicted octanol–water partition coefficient (Wildman–Crippen LogP) is 3.14. The number of thioether (sulfide) groups is 1. The molecule has 4 nitrogen and oxygen atoms in total. The van der Waals surface area contributed by atoms with Crippen molar-refractivity contribution < 1.29 is 14.7 Å². The molecule has 1 N–H and O–H groups in total. The molecular formula is C14H18ClNO3S. The van der Waals surface area contributed by atoms with E-state index in [4.69, 9.17) is 16.7 Å². The molecule has 6 heteroatoms. The number of nitrogens with zero attached hydrogens (tertiary/aromatic N) is 1. The molecule has 0 radical (unpaired) electrons. The fourth-order valence-corrected chi connectivity index (χ4v) is 2.49. The predicted molar refractivity (Wildman–Crippen MR) is 81.3 cm³/mol. The lowest BCUT2D eigenvalue weighted by atomic mass is 10.1. The summed E-state index contributed by atoms with van der Waals surface area (Å²) in [6.45, 7) is 5.17. The molecule has 1 rings (SSSR count). The second-order valence-corrected chi connectivity index (χ2v) is 6.77. The minimum atomic E-state index is -1.01. The quantitative estimate of drug-likeness (QED) is 0.848. The van der Waals surface area contributed by atoms with Crippen molar-refractivity contribution in [3.8, 4) is 0 Å². The standard InChI is InChI=1S/C14H18ClNO3S/c1-14(2,3)16(8-13(18)19)12(17)9-20-11-6-4-10(15)5-7-11/h4-7H,8-9H2,1-3H3,(H,18,19). The van der Waals surface area contributed by atoms with Crippen LogP contribution in [0.5, 0.6) is 0 Å². The number of benzene rings is 1. The summed E-state index contributed by atoms with van der Waals surface area (Å²) in [7, 11) is 0. The minimum Gasteiger partial charge on any atom is -0.480 e. The second kappa shape index (κ2) is 6.99. The van der Waals surface area contributed by atoms with E-state index < -0.39 is 11.5 Å². The molecule has 0 saturated heterocycles. The zero-order valence-corrected chi connectivity index (χ0v) is 13.3. The molecular weight excluding hydrogens is 298 g/mol. The smallest absolute Gasteiger partial charge is 0.323 e. The third-order valence-electron chi connectivity index (χ3n) is 2.58. The molecule has 0 fully saturated rings. The van der Waals surface area contributed by atoms with Crippen molar-refractivity contribution in [2.45, 2.75) is 31.2 Å². The van der Waals surface area contributed by atoms with Crippen LogP contribution in [0.15, 0.2) is 29.2 Å². The summed E-state index contributed by atoms with van der Waals surface area (Å²) in [5.74, 6) is -1.00. The Hall–Kier alpha value is -1.20. The average molecular weight is 316 g/mol. The van der Waals surface area contributed by atoms with Crippen molar-refractivity contribution in [3.05, 3.63) is 29.3 Å². The summed E-state index contributed by atoms with van der Waals surface area (Å²) in [4.78, 5) is 25.3. The van der Waals surface area contributed by atoms with Crippen LogP contribution < -0.4 is 0 Å². The van der Waals surface area contributed by atoms with Crippen LogP contribution in [0.2, 0.25) is 5.02 Å². The maximum absolute atomic E-state index is 12.2. The average Bonchev–Trinajstić information content (AvgIpc) is 2.33. The molecule has 0 spiro atoms. The van der Waals surface area contributed by atoms with Crippen molar-refractivity contribution >= 4 is 35.2 Å². The van der Waals surface area contributed by atoms with Gasteiger partial charge < -0.3 is 10.0 Å². The van der Waals surface area contributed by atoms with Crippen LogP contribution in [0, 0.1) is 0 Å². The summed E-state index contributed by atoms with van der Waals surface area (Å²) in [6.07, 6.45) is 0. The first-order valence-corrected chi connectivity index (χ1v) is 7.47. The van der Waals surface area contributed by atoms with E-state index in [1.165, 1.54) is 16.7 Å². The highest BCUT2D eigenvalue weighted by atomic mass is 35.5. The lowest BCUT2D eigenvalue weighted by Gasteiger charge is -2.34. The number of carbonyl (C=O) groups excluding carboxylic acids is 1. The van der Waals surface area contributed by atoms with E-state index in [9.17, 15) is 9.59 Å². The molecule has 0 bridgehead atoms. The van der Waals surface area contributed by atoms with Gasteiger partial charge in [-0.2, -0.15) is 0 Å². The van der Waals surface area contributed by atoms with Gasteiger partial charge in [-0.25, -0.2) is 0 Å². The van der Waals surface area contributed by atoms with E-state index in [0.29, 0.717) is 5.02 Å². The van der Waals surface area contributed by atoms with E-state index in [1.54, 1.807) is 12.1 Å². The van der Waals surface area contributed by atoms with E-state index in [2.05, 4.69) is 0 Å². The molecule has 0 aliphatic carbocycles. The van der Waals surface area contributed by atoms with Gasteiger partial charge in [-0.1, -0.05) is 11.6 Å². The molecule has 0 aromatic heterocycles. The van der Waals surface area contributed by atoms with Gasteiger partial charge in [0.05, 0.1) is 5.75 Å². The highest BCUT2D eigenvalue weighted by Gasteiger charge is 2.28. The largest absolute Gasteiger partial charge is 0.480 e. The maximum atomic E-state index is 12.2. The van der Waals surface area contributed by atoms with Crippen LogP contribution in [0.1, 0.15) is 20.8 Å². The Morgan fingerprint density at radius 3 is 2.25 bits per heavy atom. The van der Waals surface area contributed by atoms with Crippen LogP contribution in [0.4, 0.5) is 0 Å². The lowest BCUT2D eigenvalue weighted by molar-refractivity contribution is -0.146. The molecule has 0 heterocycles. The van der Waals surface area contributed by atoms with Gasteiger partial charge in [-0.05, 0) is 45.0 Å². The van der Waals surface area contributed by atoms with Crippen LogP contribution in [-0.2, 0) is 9.59 Å². The molecule has 0 unspecified atom stereocenters. The number of hydrogen-bond donors (Lipinski definition) is 1. The van der Waals surface area contributed by atoms with Gasteiger partial charge in [-0.3, -0.25) is 9.59 Å². The second-order valence-electron chi connectivity index (χ2n) is 5.29. The van der Waals surface area contributed by atoms with Crippen LogP contribution in [0.3, 0.4) is 0 Å². The molecule has 0 aliphatic heterocycles. The van der Waals surface area contributed by atoms with E-state index in [-0.39, 0.29) is 18.2 Å². The van der Waals surface area contributed by atoms with Gasteiger partial charge in [0.25, 0.3) is 0 Å². The molecule has 0 atom stereocenters. The van der Waals surface area contributed by atoms with E-state index in [1.807, 2.05) is 32.9 Å². The van der Waals surface area contributed by atoms with Gasteiger partial charge in [0.1, 0.15) is 6.54 Å². The normalized spacial score (nSPS) is 11.2. The van der Waals surface area contributed by atoms with Crippen molar-refractivity contribution in [3.63, 3.8) is 0 Å². The number of rotatable bonds is 5. The summed E-state index contributed by atoms with van der Waals surface area (Å²) in [5.41, 5.74) is -0.518. The Labute approximate surface area is 128 Å². The Morgan fingerprint density at radius 1 is 1.25 bits per heavy atom. The third-order valence-corrected chi connectivity index (χ3v) is 3.83. The lowest BCUT2D eigenvalue weighted by Crippen LogP contribution is -2.49. The number of carboxylic acids is 1. The van der Waals surface area contributed by atoms with Gasteiger partial charge >= 0.3 is 5.97 Å². The van der Waals surface area contributed by atoms with Crippen LogP contribution in [0.25, 0.3) is 0 Å². The zero-order chi connectivity index (χ0) is 15.3. The van der Waals surface area contributed by atoms with Gasteiger partial charge in [0.2, 0.25) is 5.91 Å². The van der Waals surface area contributed by atoms with E-state index in [0.717, 1.165) is 4.90 Å². The van der Waals surface area contributed by atoms with Gasteiger partial charge in [0.15, 0.2) is 0 Å². The molecule has 1 amide bonds. The highest BCUT2D eigenvalue weighted by molar-refractivity contribution is 8.00. The van der Waals surface area contributed by atoms with Gasteiger partial charge in [-0.15, -0.1) is 11.8 Å². The molecule has 0 saturated carbocycles. The molecule has 0 aliphatic rings. The Morgan fingerprint density at radius 2 is 1.80 bits per heavy atom. The highest BCUT2D eigenvalue weighted by Crippen LogP contribution is 2.22. The Kier molecular flexibility index (Phi) is 5.89. The first-order chi connectivity index (χ1) is 9.20. The SMILES string of the molecule is CC(C)(C)N(CC(=O)O)C(=O)CSc1ccc(Cl)cc1. The molecule has 1 aromatic carbocycles. The fourth-order valence-electron chi connectivity index (χ4n) is 1.59. The minimum absolute atomic E-state index is 0.195. The summed E-state index contributed by atoms with van der Waals surface area (Å²) >= 11 is 7.16. The number of aliphatic carboxylic acids is 1. The number of carbonyl (C=O) groups is 2. The monoisotopic (exact) mass is 315 g/mol. The van der Waals surface area contributed by atoms with Crippen molar-refractivity contribution in [1.29, 1.82) is 0 Å². The molecule has 20 heavy (non-hydrogen) atoms. The first-order valence-electron chi connectivity index (χ1n) is 6.11. The van der Waals surface area contributed by atoms with Crippen molar-refractivity contribution in [2.24, 2.45) is 0 Å². The van der Waals surface area contributed by atoms with Crippen LogP contribution in [-0.4, -0.2) is 39.7 Å². The Bertz CT molecular complexity index is 482. The number of halogens is 1. The topological polar surface area (TPSA) is 57.6 Å². The van der Waals surface area contributed by atoms with Gasteiger partial charge in [0, 0.05) is 15.5 Å². The summed E-state index contributed by atoms with van der Waals surface area (Å²) in [6, 6.07) is 7.18. The first kappa shape index (κ1) is 16.9. The number of carboxylic acid groups (broad SMARTS) is 1. The summed E-state index contributed by atoms with van der Waals surface area (Å²) in [5, 5.41) is 9.54. The zero-order valence-electron chi connectivity index (χ0n) is 11.7.